The molecule has 0 saturated carbocycles. The fourth-order valence-corrected chi connectivity index (χ4v) is 1.86. The molecule has 2 heteroatoms. The quantitative estimate of drug-likeness (QED) is 0.592. The number of ketones is 1. The van der Waals surface area contributed by atoms with Crippen LogP contribution in [0.5, 0.6) is 0 Å². The van der Waals surface area contributed by atoms with Gasteiger partial charge in [-0.15, -0.1) is 0 Å². The summed E-state index contributed by atoms with van der Waals surface area (Å²) in [6.07, 6.45) is 5.43. The van der Waals surface area contributed by atoms with Gasteiger partial charge in [-0.05, 0) is 30.1 Å². The largest absolute Gasteiger partial charge is 0.501 e. The molecule has 2 aliphatic rings. The van der Waals surface area contributed by atoms with Gasteiger partial charge in [0.1, 0.15) is 0 Å². The number of allylic oxidation sites excluding steroid dienone is 4. The van der Waals surface area contributed by atoms with E-state index in [1.165, 1.54) is 5.57 Å². The van der Waals surface area contributed by atoms with Crippen molar-refractivity contribution in [2.24, 2.45) is 0 Å². The van der Waals surface area contributed by atoms with E-state index in [9.17, 15) is 4.79 Å². The normalized spacial score (nSPS) is 22.4. The van der Waals surface area contributed by atoms with Crippen molar-refractivity contribution in [3.63, 3.8) is 0 Å². The molecule has 0 aromatic rings. The molecule has 0 amide bonds. The summed E-state index contributed by atoms with van der Waals surface area (Å²) in [4.78, 5) is 11.3. The first-order valence-corrected chi connectivity index (χ1v) is 4.31. The van der Waals surface area contributed by atoms with Crippen molar-refractivity contribution in [1.29, 1.82) is 0 Å². The molecule has 0 aliphatic heterocycles. The number of methoxy groups -OCH3 is 1. The van der Waals surface area contributed by atoms with Crippen molar-refractivity contribution in [2.75, 3.05) is 7.11 Å². The highest BCUT2D eigenvalue weighted by Gasteiger charge is 2.24. The number of hydrogen-bond acceptors (Lipinski definition) is 2. The number of hydrogen-bond donors (Lipinski definition) is 0. The van der Waals surface area contributed by atoms with E-state index < -0.39 is 0 Å². The average molecular weight is 164 g/mol. The van der Waals surface area contributed by atoms with Crippen LogP contribution in [0.15, 0.2) is 23.0 Å². The fourth-order valence-electron chi connectivity index (χ4n) is 1.86. The zero-order valence-corrected chi connectivity index (χ0v) is 7.22. The topological polar surface area (TPSA) is 26.3 Å². The Morgan fingerprint density at radius 2 is 2.08 bits per heavy atom. The predicted molar refractivity (Wildman–Crippen MR) is 45.6 cm³/mol. The Hall–Kier alpha value is -1.05. The Morgan fingerprint density at radius 3 is 2.83 bits per heavy atom. The van der Waals surface area contributed by atoms with Crippen molar-refractivity contribution in [2.45, 2.75) is 25.7 Å². The van der Waals surface area contributed by atoms with E-state index in [1.54, 1.807) is 7.11 Å². The molecule has 0 aromatic heterocycles. The van der Waals surface area contributed by atoms with Gasteiger partial charge in [-0.3, -0.25) is 4.79 Å². The van der Waals surface area contributed by atoms with E-state index in [4.69, 9.17) is 4.74 Å². The summed E-state index contributed by atoms with van der Waals surface area (Å²) in [6, 6.07) is 0. The molecule has 0 fully saturated rings. The lowest BCUT2D eigenvalue weighted by Crippen LogP contribution is -2.02. The van der Waals surface area contributed by atoms with E-state index in [1.807, 2.05) is 6.08 Å². The summed E-state index contributed by atoms with van der Waals surface area (Å²) in [5.41, 5.74) is 2.26. The van der Waals surface area contributed by atoms with Gasteiger partial charge in [-0.25, -0.2) is 0 Å². The summed E-state index contributed by atoms with van der Waals surface area (Å²) in [5.74, 6) is 1.36. The summed E-state index contributed by atoms with van der Waals surface area (Å²) < 4.78 is 5.15. The maximum Gasteiger partial charge on any atom is 0.159 e. The summed E-state index contributed by atoms with van der Waals surface area (Å²) in [6.45, 7) is 0. The van der Waals surface area contributed by atoms with Crippen LogP contribution in [0.4, 0.5) is 0 Å². The minimum absolute atomic E-state index is 0.344. The highest BCUT2D eigenvalue weighted by molar-refractivity contribution is 5.99. The van der Waals surface area contributed by atoms with Gasteiger partial charge in [-0.2, -0.15) is 0 Å². The van der Waals surface area contributed by atoms with Crippen LogP contribution in [0.2, 0.25) is 0 Å². The van der Waals surface area contributed by atoms with E-state index in [-0.39, 0.29) is 0 Å². The molecule has 12 heavy (non-hydrogen) atoms. The third kappa shape index (κ3) is 1.07. The van der Waals surface area contributed by atoms with Crippen LogP contribution in [0.3, 0.4) is 0 Å². The minimum atomic E-state index is 0.344. The second-order valence-electron chi connectivity index (χ2n) is 3.24. The molecule has 0 heterocycles. The number of ether oxygens (including phenoxy) is 1. The number of carbonyl (C=O) groups excluding carboxylic acids is 1. The maximum atomic E-state index is 11.3. The maximum absolute atomic E-state index is 11.3. The van der Waals surface area contributed by atoms with Crippen LogP contribution in [-0.2, 0) is 9.53 Å². The lowest BCUT2D eigenvalue weighted by atomic mass is 9.98. The molecular weight excluding hydrogens is 152 g/mol. The molecule has 0 spiro atoms. The van der Waals surface area contributed by atoms with Crippen molar-refractivity contribution in [1.82, 2.24) is 0 Å². The molecule has 0 unspecified atom stereocenters. The van der Waals surface area contributed by atoms with Gasteiger partial charge in [0.2, 0.25) is 0 Å². The minimum Gasteiger partial charge on any atom is -0.501 e. The smallest absolute Gasteiger partial charge is 0.159 e. The van der Waals surface area contributed by atoms with Crippen LogP contribution in [-0.4, -0.2) is 12.9 Å². The standard InChI is InChI=1S/C10H12O2/c1-12-8-3-4-9-7(6-8)2-5-10(9)11/h6H,2-5H2,1H3. The van der Waals surface area contributed by atoms with Crippen LogP contribution in [0.1, 0.15) is 25.7 Å². The summed E-state index contributed by atoms with van der Waals surface area (Å²) in [5, 5.41) is 0. The Kier molecular flexibility index (Phi) is 1.75. The Bertz CT molecular complexity index is 284. The predicted octanol–water partition coefficient (Wildman–Crippen LogP) is 1.97. The first kappa shape index (κ1) is 7.59. The van der Waals surface area contributed by atoms with Crippen molar-refractivity contribution in [3.05, 3.63) is 23.0 Å². The number of carbonyl (C=O) groups is 1. The van der Waals surface area contributed by atoms with Gasteiger partial charge in [0.05, 0.1) is 12.9 Å². The molecular formula is C10H12O2. The Labute approximate surface area is 71.9 Å². The van der Waals surface area contributed by atoms with Crippen LogP contribution >= 0.6 is 0 Å². The second-order valence-corrected chi connectivity index (χ2v) is 3.24. The monoisotopic (exact) mass is 164 g/mol. The zero-order chi connectivity index (χ0) is 8.55. The highest BCUT2D eigenvalue weighted by atomic mass is 16.5. The van der Waals surface area contributed by atoms with Crippen molar-refractivity contribution in [3.8, 4) is 0 Å². The molecule has 2 aliphatic carbocycles. The number of rotatable bonds is 1. The van der Waals surface area contributed by atoms with Gasteiger partial charge in [0, 0.05) is 12.8 Å². The van der Waals surface area contributed by atoms with Gasteiger partial charge in [0.15, 0.2) is 5.78 Å². The van der Waals surface area contributed by atoms with E-state index in [2.05, 4.69) is 0 Å². The van der Waals surface area contributed by atoms with Gasteiger partial charge in [-0.1, -0.05) is 0 Å². The SMILES string of the molecule is COC1=CC2=C(CC1)C(=O)CC2. The van der Waals surface area contributed by atoms with Gasteiger partial charge in [0.25, 0.3) is 0 Å². The van der Waals surface area contributed by atoms with E-state index in [0.717, 1.165) is 30.6 Å². The molecule has 0 N–H and O–H groups in total. The van der Waals surface area contributed by atoms with Gasteiger partial charge >= 0.3 is 0 Å². The van der Waals surface area contributed by atoms with Crippen molar-refractivity contribution >= 4 is 5.78 Å². The van der Waals surface area contributed by atoms with Crippen molar-refractivity contribution < 1.29 is 9.53 Å². The zero-order valence-electron chi connectivity index (χ0n) is 7.22. The van der Waals surface area contributed by atoms with Crippen LogP contribution in [0, 0.1) is 0 Å². The molecule has 0 aromatic carbocycles. The molecule has 0 saturated heterocycles. The van der Waals surface area contributed by atoms with Gasteiger partial charge < -0.3 is 4.74 Å². The molecule has 64 valence electrons. The summed E-state index contributed by atoms with van der Waals surface area (Å²) >= 11 is 0. The third-order valence-corrected chi connectivity index (χ3v) is 2.56. The molecule has 2 nitrogen and oxygen atoms in total. The fraction of sp³-hybridized carbons (Fsp3) is 0.500. The Morgan fingerprint density at radius 1 is 1.25 bits per heavy atom. The molecule has 0 atom stereocenters. The summed E-state index contributed by atoms with van der Waals surface area (Å²) in [7, 11) is 1.69. The van der Waals surface area contributed by atoms with E-state index in [0.29, 0.717) is 12.2 Å². The second kappa shape index (κ2) is 2.77. The average Bonchev–Trinajstić information content (AvgIpc) is 2.47. The van der Waals surface area contributed by atoms with Crippen LogP contribution < -0.4 is 0 Å². The third-order valence-electron chi connectivity index (χ3n) is 2.56. The van der Waals surface area contributed by atoms with Crippen LogP contribution in [0.25, 0.3) is 0 Å². The molecule has 0 bridgehead atoms. The van der Waals surface area contributed by atoms with E-state index >= 15 is 0 Å². The highest BCUT2D eigenvalue weighted by Crippen LogP contribution is 2.33. The molecule has 0 radical (unpaired) electrons. The molecule has 2 rings (SSSR count). The first-order chi connectivity index (χ1) is 5.81. The Balaban J connectivity index is 2.30. The first-order valence-electron chi connectivity index (χ1n) is 4.31. The lowest BCUT2D eigenvalue weighted by Gasteiger charge is -2.12. The lowest BCUT2D eigenvalue weighted by molar-refractivity contribution is -0.115. The number of Topliss-reactive ketones (excluding diaryl/α,β-unsaturated/α-hetero) is 1.